The van der Waals surface area contributed by atoms with E-state index >= 15 is 0 Å². The molecule has 1 aromatic rings. The van der Waals surface area contributed by atoms with Gasteiger partial charge in [0.2, 0.25) is 0 Å². The van der Waals surface area contributed by atoms with E-state index in [9.17, 15) is 9.59 Å². The number of carbonyl (C=O) groups is 2. The second-order valence-corrected chi connectivity index (χ2v) is 7.96. The zero-order valence-electron chi connectivity index (χ0n) is 18.2. The lowest BCUT2D eigenvalue weighted by Gasteiger charge is -2.36. The molecule has 1 saturated carbocycles. The molecule has 3 atom stereocenters. The molecule has 1 aromatic carbocycles. The van der Waals surface area contributed by atoms with E-state index in [-0.39, 0.29) is 6.10 Å². The maximum atomic E-state index is 12.4. The molecule has 1 aliphatic rings. The minimum absolute atomic E-state index is 0.111. The zero-order chi connectivity index (χ0) is 21.4. The topological polar surface area (TPSA) is 71.1 Å². The van der Waals surface area contributed by atoms with E-state index in [0.717, 1.165) is 19.3 Å². The number of esters is 2. The summed E-state index contributed by atoms with van der Waals surface area (Å²) in [5, 5.41) is 0. The normalized spacial score (nSPS) is 21.5. The molecule has 0 spiro atoms. The first-order valence-electron chi connectivity index (χ1n) is 10.6. The molecule has 6 nitrogen and oxygen atoms in total. The fourth-order valence-electron chi connectivity index (χ4n) is 3.84. The molecule has 2 rings (SSSR count). The van der Waals surface area contributed by atoms with Gasteiger partial charge in [0.25, 0.3) is 0 Å². The average Bonchev–Trinajstić information content (AvgIpc) is 2.67. The lowest BCUT2D eigenvalue weighted by atomic mass is 9.75. The van der Waals surface area contributed by atoms with Gasteiger partial charge in [0, 0.05) is 0 Å². The Bertz CT molecular complexity index is 684. The monoisotopic (exact) mass is 406 g/mol. The van der Waals surface area contributed by atoms with Crippen LogP contribution in [0.25, 0.3) is 0 Å². The van der Waals surface area contributed by atoms with Crippen LogP contribution in [-0.4, -0.2) is 37.9 Å². The van der Waals surface area contributed by atoms with Crippen molar-refractivity contribution in [2.24, 2.45) is 17.8 Å². The molecule has 6 heteroatoms. The van der Waals surface area contributed by atoms with Gasteiger partial charge in [0.15, 0.2) is 18.1 Å². The average molecular weight is 407 g/mol. The fourth-order valence-corrected chi connectivity index (χ4v) is 3.84. The zero-order valence-corrected chi connectivity index (χ0v) is 18.2. The van der Waals surface area contributed by atoms with Crippen LogP contribution in [0.4, 0.5) is 0 Å². The lowest BCUT2D eigenvalue weighted by molar-refractivity contribution is -0.159. The highest BCUT2D eigenvalue weighted by Gasteiger charge is 2.33. The number of benzene rings is 1. The molecule has 0 aromatic heterocycles. The number of carbonyl (C=O) groups excluding carboxylic acids is 2. The summed E-state index contributed by atoms with van der Waals surface area (Å²) in [7, 11) is 0. The first-order chi connectivity index (χ1) is 13.8. The first kappa shape index (κ1) is 23.0. The molecule has 0 radical (unpaired) electrons. The Morgan fingerprint density at radius 2 is 1.76 bits per heavy atom. The van der Waals surface area contributed by atoms with Crippen molar-refractivity contribution in [3.8, 4) is 11.5 Å². The summed E-state index contributed by atoms with van der Waals surface area (Å²) in [5.74, 6) is 1.28. The number of hydrogen-bond acceptors (Lipinski definition) is 6. The molecule has 0 bridgehead atoms. The van der Waals surface area contributed by atoms with Gasteiger partial charge < -0.3 is 18.9 Å². The van der Waals surface area contributed by atoms with Gasteiger partial charge in [-0.05, 0) is 62.6 Å². The van der Waals surface area contributed by atoms with Crippen LogP contribution in [0.1, 0.15) is 64.2 Å². The minimum Gasteiger partial charge on any atom is -0.490 e. The first-order valence-corrected chi connectivity index (χ1v) is 10.6. The standard InChI is InChI=1S/C23H34O6/c1-6-26-19-11-9-17(13-21(19)27-7-2)23(25)28-14-22(24)29-20-12-16(5)8-10-18(20)15(3)4/h9,11,13,15-16,18,20H,6-8,10,12,14H2,1-5H3/t16-,18+,20-/m1/s1. The Hall–Kier alpha value is -2.24. The van der Waals surface area contributed by atoms with Gasteiger partial charge >= 0.3 is 11.9 Å². The molecule has 1 fully saturated rings. The molecule has 1 aliphatic carbocycles. The van der Waals surface area contributed by atoms with Crippen LogP contribution < -0.4 is 9.47 Å². The van der Waals surface area contributed by atoms with Crippen LogP contribution in [0.2, 0.25) is 0 Å². The van der Waals surface area contributed by atoms with E-state index in [4.69, 9.17) is 18.9 Å². The van der Waals surface area contributed by atoms with Gasteiger partial charge in [0.05, 0.1) is 18.8 Å². The number of ether oxygens (including phenoxy) is 4. The molecule has 29 heavy (non-hydrogen) atoms. The van der Waals surface area contributed by atoms with Gasteiger partial charge in [-0.1, -0.05) is 27.2 Å². The van der Waals surface area contributed by atoms with E-state index in [2.05, 4.69) is 20.8 Å². The summed E-state index contributed by atoms with van der Waals surface area (Å²) in [5.41, 5.74) is 0.302. The molecular weight excluding hydrogens is 372 g/mol. The van der Waals surface area contributed by atoms with Crippen LogP contribution >= 0.6 is 0 Å². The summed E-state index contributed by atoms with van der Waals surface area (Å²) in [6.07, 6.45) is 2.97. The largest absolute Gasteiger partial charge is 0.490 e. The second kappa shape index (κ2) is 11.1. The van der Waals surface area contributed by atoms with E-state index < -0.39 is 18.5 Å². The molecule has 0 aliphatic heterocycles. The van der Waals surface area contributed by atoms with E-state index in [0.29, 0.717) is 48.0 Å². The second-order valence-electron chi connectivity index (χ2n) is 7.96. The summed E-state index contributed by atoms with van der Waals surface area (Å²) < 4.78 is 21.9. The van der Waals surface area contributed by atoms with Crippen molar-refractivity contribution in [2.75, 3.05) is 19.8 Å². The van der Waals surface area contributed by atoms with E-state index in [1.807, 2.05) is 13.8 Å². The lowest BCUT2D eigenvalue weighted by Crippen LogP contribution is -2.36. The Labute approximate surface area is 173 Å². The highest BCUT2D eigenvalue weighted by atomic mass is 16.6. The Balaban J connectivity index is 1.94. The predicted molar refractivity (Wildman–Crippen MR) is 110 cm³/mol. The van der Waals surface area contributed by atoms with Gasteiger partial charge in [-0.25, -0.2) is 9.59 Å². The Morgan fingerprint density at radius 1 is 1.07 bits per heavy atom. The molecule has 162 valence electrons. The van der Waals surface area contributed by atoms with Crippen LogP contribution in [0, 0.1) is 17.8 Å². The third kappa shape index (κ3) is 6.65. The van der Waals surface area contributed by atoms with Crippen molar-refractivity contribution >= 4 is 11.9 Å². The molecule has 0 saturated heterocycles. The number of rotatable bonds is 9. The smallest absolute Gasteiger partial charge is 0.344 e. The Morgan fingerprint density at radius 3 is 2.41 bits per heavy atom. The van der Waals surface area contributed by atoms with Crippen molar-refractivity contribution in [2.45, 2.75) is 60.0 Å². The van der Waals surface area contributed by atoms with Crippen LogP contribution in [0.3, 0.4) is 0 Å². The van der Waals surface area contributed by atoms with Crippen LogP contribution in [-0.2, 0) is 14.3 Å². The molecule has 0 amide bonds. The summed E-state index contributed by atoms with van der Waals surface area (Å²) in [4.78, 5) is 24.7. The fraction of sp³-hybridized carbons (Fsp3) is 0.652. The highest BCUT2D eigenvalue weighted by Crippen LogP contribution is 2.35. The summed E-state index contributed by atoms with van der Waals surface area (Å²) in [6.45, 7) is 10.8. The molecular formula is C23H34O6. The highest BCUT2D eigenvalue weighted by molar-refractivity contribution is 5.91. The summed E-state index contributed by atoms with van der Waals surface area (Å²) >= 11 is 0. The van der Waals surface area contributed by atoms with Crippen LogP contribution in [0.5, 0.6) is 11.5 Å². The third-order valence-corrected chi connectivity index (χ3v) is 5.34. The van der Waals surface area contributed by atoms with Crippen molar-refractivity contribution in [1.29, 1.82) is 0 Å². The van der Waals surface area contributed by atoms with Crippen molar-refractivity contribution in [3.05, 3.63) is 23.8 Å². The SMILES string of the molecule is CCOc1ccc(C(=O)OCC(=O)O[C@@H]2C[C@H](C)CC[C@H]2C(C)C)cc1OCC. The van der Waals surface area contributed by atoms with E-state index in [1.54, 1.807) is 18.2 Å². The number of hydrogen-bond donors (Lipinski definition) is 0. The summed E-state index contributed by atoms with van der Waals surface area (Å²) in [6, 6.07) is 4.83. The molecule has 0 heterocycles. The van der Waals surface area contributed by atoms with Gasteiger partial charge in [-0.15, -0.1) is 0 Å². The predicted octanol–water partition coefficient (Wildman–Crippen LogP) is 4.64. The van der Waals surface area contributed by atoms with Crippen LogP contribution in [0.15, 0.2) is 18.2 Å². The van der Waals surface area contributed by atoms with Gasteiger partial charge in [-0.3, -0.25) is 0 Å². The Kier molecular flexibility index (Phi) is 8.80. The van der Waals surface area contributed by atoms with E-state index in [1.165, 1.54) is 0 Å². The maximum absolute atomic E-state index is 12.4. The maximum Gasteiger partial charge on any atom is 0.344 e. The van der Waals surface area contributed by atoms with Crippen molar-refractivity contribution in [3.63, 3.8) is 0 Å². The van der Waals surface area contributed by atoms with Crippen molar-refractivity contribution < 1.29 is 28.5 Å². The van der Waals surface area contributed by atoms with Gasteiger partial charge in [-0.2, -0.15) is 0 Å². The molecule has 0 unspecified atom stereocenters. The third-order valence-electron chi connectivity index (χ3n) is 5.34. The van der Waals surface area contributed by atoms with Gasteiger partial charge in [0.1, 0.15) is 6.10 Å². The van der Waals surface area contributed by atoms with Crippen molar-refractivity contribution in [1.82, 2.24) is 0 Å². The molecule has 0 N–H and O–H groups in total. The quantitative estimate of drug-likeness (QED) is 0.556. The minimum atomic E-state index is -0.594.